The predicted octanol–water partition coefficient (Wildman–Crippen LogP) is 2.19. The Balaban J connectivity index is 1.69. The van der Waals surface area contributed by atoms with Crippen molar-refractivity contribution < 1.29 is 4.79 Å². The van der Waals surface area contributed by atoms with Crippen LogP contribution in [0.15, 0.2) is 34.2 Å². The van der Waals surface area contributed by atoms with E-state index in [9.17, 15) is 9.59 Å². The molecule has 20 heavy (non-hydrogen) atoms. The maximum atomic E-state index is 12.1. The Bertz CT molecular complexity index is 683. The number of Topliss-reactive ketones (excluding diaryl/α,β-unsaturated/α-hetero) is 1. The molecule has 0 amide bonds. The average molecular weight is 289 g/mol. The molecule has 3 rings (SSSR count). The summed E-state index contributed by atoms with van der Waals surface area (Å²) in [6.07, 6.45) is 2.03. The van der Waals surface area contributed by atoms with Gasteiger partial charge in [0.2, 0.25) is 0 Å². The first-order chi connectivity index (χ1) is 9.65. The van der Waals surface area contributed by atoms with Crippen molar-refractivity contribution in [1.82, 2.24) is 14.8 Å². The molecule has 2 aromatic rings. The fourth-order valence-electron chi connectivity index (χ4n) is 2.00. The lowest BCUT2D eigenvalue weighted by molar-refractivity contribution is 0.102. The number of thioether (sulfide) groups is 1. The smallest absolute Gasteiger partial charge is 0.293 e. The van der Waals surface area contributed by atoms with E-state index in [1.807, 2.05) is 31.2 Å². The lowest BCUT2D eigenvalue weighted by Gasteiger charge is -2.03. The molecule has 5 nitrogen and oxygen atoms in total. The van der Waals surface area contributed by atoms with Crippen LogP contribution in [0.3, 0.4) is 0 Å². The summed E-state index contributed by atoms with van der Waals surface area (Å²) in [5.74, 6) is 0.341. The van der Waals surface area contributed by atoms with E-state index in [0.29, 0.717) is 16.5 Å². The summed E-state index contributed by atoms with van der Waals surface area (Å²) < 4.78 is 1.66. The van der Waals surface area contributed by atoms with Crippen LogP contribution < -0.4 is 5.69 Å². The number of hydrogen-bond donors (Lipinski definition) is 1. The van der Waals surface area contributed by atoms with Crippen LogP contribution in [0, 0.1) is 6.92 Å². The molecule has 1 heterocycles. The summed E-state index contributed by atoms with van der Waals surface area (Å²) in [6.45, 7) is 1.99. The minimum Gasteiger partial charge on any atom is -0.293 e. The van der Waals surface area contributed by atoms with Crippen molar-refractivity contribution in [3.8, 4) is 0 Å². The monoisotopic (exact) mass is 289 g/mol. The molecule has 1 aliphatic rings. The van der Waals surface area contributed by atoms with E-state index >= 15 is 0 Å². The number of nitrogens with zero attached hydrogens (tertiary/aromatic N) is 2. The van der Waals surface area contributed by atoms with Gasteiger partial charge in [-0.2, -0.15) is 0 Å². The number of aromatic nitrogens is 3. The molecule has 1 aromatic heterocycles. The molecule has 0 saturated heterocycles. The highest BCUT2D eigenvalue weighted by atomic mass is 32.2. The van der Waals surface area contributed by atoms with Crippen molar-refractivity contribution in [1.29, 1.82) is 0 Å². The summed E-state index contributed by atoms with van der Waals surface area (Å²) >= 11 is 1.31. The number of carbonyl (C=O) groups excluding carboxylic acids is 1. The predicted molar refractivity (Wildman–Crippen MR) is 77.4 cm³/mol. The number of nitrogens with one attached hydrogen (secondary N) is 1. The quantitative estimate of drug-likeness (QED) is 0.677. The van der Waals surface area contributed by atoms with Gasteiger partial charge in [-0.05, 0) is 19.8 Å². The van der Waals surface area contributed by atoms with Gasteiger partial charge in [-0.1, -0.05) is 41.6 Å². The molecule has 1 aliphatic carbocycles. The Morgan fingerprint density at radius 3 is 2.75 bits per heavy atom. The number of benzene rings is 1. The highest BCUT2D eigenvalue weighted by molar-refractivity contribution is 7.99. The molecule has 0 spiro atoms. The third kappa shape index (κ3) is 2.70. The second kappa shape index (κ2) is 5.28. The van der Waals surface area contributed by atoms with Gasteiger partial charge >= 0.3 is 5.69 Å². The van der Waals surface area contributed by atoms with Gasteiger partial charge in [0.25, 0.3) is 0 Å². The van der Waals surface area contributed by atoms with Crippen LogP contribution in [0.2, 0.25) is 0 Å². The zero-order valence-electron chi connectivity index (χ0n) is 11.1. The van der Waals surface area contributed by atoms with E-state index in [2.05, 4.69) is 10.2 Å². The molecule has 0 bridgehead atoms. The minimum absolute atomic E-state index is 0.0489. The molecule has 1 aromatic carbocycles. The first-order valence-electron chi connectivity index (χ1n) is 6.55. The van der Waals surface area contributed by atoms with E-state index in [4.69, 9.17) is 0 Å². The Morgan fingerprint density at radius 2 is 2.10 bits per heavy atom. The van der Waals surface area contributed by atoms with Crippen LogP contribution in [0.4, 0.5) is 0 Å². The zero-order valence-corrected chi connectivity index (χ0v) is 11.9. The van der Waals surface area contributed by atoms with E-state index in [1.165, 1.54) is 11.8 Å². The van der Waals surface area contributed by atoms with Gasteiger partial charge in [0.15, 0.2) is 10.9 Å². The van der Waals surface area contributed by atoms with Gasteiger partial charge < -0.3 is 0 Å². The van der Waals surface area contributed by atoms with Gasteiger partial charge in [0.05, 0.1) is 5.75 Å². The third-order valence-electron chi connectivity index (χ3n) is 3.29. The van der Waals surface area contributed by atoms with Crippen LogP contribution in [-0.4, -0.2) is 26.3 Å². The van der Waals surface area contributed by atoms with Gasteiger partial charge in [-0.3, -0.25) is 9.36 Å². The van der Waals surface area contributed by atoms with Gasteiger partial charge in [0, 0.05) is 11.6 Å². The van der Waals surface area contributed by atoms with Gasteiger partial charge in [0.1, 0.15) is 0 Å². The second-order valence-electron chi connectivity index (χ2n) is 4.99. The van der Waals surface area contributed by atoms with Crippen molar-refractivity contribution in [2.24, 2.45) is 0 Å². The van der Waals surface area contributed by atoms with Crippen molar-refractivity contribution in [2.75, 3.05) is 5.75 Å². The number of hydrogen-bond acceptors (Lipinski definition) is 4. The van der Waals surface area contributed by atoms with E-state index < -0.39 is 0 Å². The fraction of sp³-hybridized carbons (Fsp3) is 0.357. The van der Waals surface area contributed by atoms with Crippen molar-refractivity contribution >= 4 is 17.5 Å². The lowest BCUT2D eigenvalue weighted by atomic mass is 10.1. The number of ketones is 1. The first-order valence-corrected chi connectivity index (χ1v) is 7.53. The molecular formula is C14H15N3O2S. The molecule has 0 atom stereocenters. The summed E-state index contributed by atoms with van der Waals surface area (Å²) in [5.41, 5.74) is 1.64. The van der Waals surface area contributed by atoms with Crippen LogP contribution in [0.25, 0.3) is 0 Å². The molecular weight excluding hydrogens is 274 g/mol. The maximum Gasteiger partial charge on any atom is 0.344 e. The molecule has 0 radical (unpaired) electrons. The Morgan fingerprint density at radius 1 is 1.40 bits per heavy atom. The van der Waals surface area contributed by atoms with Crippen LogP contribution >= 0.6 is 11.8 Å². The normalized spacial score (nSPS) is 14.4. The largest absolute Gasteiger partial charge is 0.344 e. The SMILES string of the molecule is Cc1ccc(C(=O)CSc2n[nH]c(=O)n2C2CC2)cc1. The minimum atomic E-state index is -0.183. The van der Waals surface area contributed by atoms with Crippen molar-refractivity contribution in [2.45, 2.75) is 31.0 Å². The Hall–Kier alpha value is -1.82. The number of aromatic amines is 1. The molecule has 104 valence electrons. The number of carbonyl (C=O) groups is 1. The van der Waals surface area contributed by atoms with E-state index in [0.717, 1.165) is 18.4 Å². The molecule has 1 saturated carbocycles. The van der Waals surface area contributed by atoms with Crippen LogP contribution in [0.5, 0.6) is 0 Å². The first kappa shape index (κ1) is 13.2. The van der Waals surface area contributed by atoms with Gasteiger partial charge in [-0.15, -0.1) is 5.10 Å². The summed E-state index contributed by atoms with van der Waals surface area (Å²) in [7, 11) is 0. The number of aryl methyl sites for hydroxylation is 1. The Kier molecular flexibility index (Phi) is 3.48. The van der Waals surface area contributed by atoms with E-state index in [1.54, 1.807) is 4.57 Å². The summed E-state index contributed by atoms with van der Waals surface area (Å²) in [6, 6.07) is 7.77. The topological polar surface area (TPSA) is 67.8 Å². The summed E-state index contributed by atoms with van der Waals surface area (Å²) in [4.78, 5) is 23.7. The average Bonchev–Trinajstić information content (AvgIpc) is 3.21. The molecule has 1 fully saturated rings. The lowest BCUT2D eigenvalue weighted by Crippen LogP contribution is -2.16. The highest BCUT2D eigenvalue weighted by Gasteiger charge is 2.28. The third-order valence-corrected chi connectivity index (χ3v) is 4.24. The molecule has 6 heteroatoms. The maximum absolute atomic E-state index is 12.1. The van der Waals surface area contributed by atoms with Crippen molar-refractivity contribution in [3.05, 3.63) is 45.9 Å². The molecule has 1 N–H and O–H groups in total. The fourth-order valence-corrected chi connectivity index (χ4v) is 2.91. The number of H-pyrrole nitrogens is 1. The van der Waals surface area contributed by atoms with Crippen LogP contribution in [-0.2, 0) is 0 Å². The molecule has 0 unspecified atom stereocenters. The second-order valence-corrected chi connectivity index (χ2v) is 5.93. The highest BCUT2D eigenvalue weighted by Crippen LogP contribution is 2.36. The van der Waals surface area contributed by atoms with Gasteiger partial charge in [-0.25, -0.2) is 9.89 Å². The number of rotatable bonds is 5. The Labute approximate surface area is 120 Å². The summed E-state index contributed by atoms with van der Waals surface area (Å²) in [5, 5.41) is 7.06. The van der Waals surface area contributed by atoms with Crippen molar-refractivity contribution in [3.63, 3.8) is 0 Å². The van der Waals surface area contributed by atoms with E-state index in [-0.39, 0.29) is 17.5 Å². The molecule has 0 aliphatic heterocycles. The zero-order chi connectivity index (χ0) is 14.1. The van der Waals surface area contributed by atoms with Crippen LogP contribution in [0.1, 0.15) is 34.8 Å². The standard InChI is InChI=1S/C14H15N3O2S/c1-9-2-4-10(5-3-9)12(18)8-20-14-16-15-13(19)17(14)11-6-7-11/h2-5,11H,6-8H2,1H3,(H,15,19).